The van der Waals surface area contributed by atoms with Crippen LogP contribution in [-0.2, 0) is 9.53 Å². The Balaban J connectivity index is 1.96. The van der Waals surface area contributed by atoms with Gasteiger partial charge in [0.05, 0.1) is 12.5 Å². The maximum atomic E-state index is 11.6. The molecule has 1 saturated carbocycles. The quantitative estimate of drug-likeness (QED) is 0.508. The Morgan fingerprint density at radius 3 is 2.44 bits per heavy atom. The van der Waals surface area contributed by atoms with E-state index in [-0.39, 0.29) is 11.9 Å². The van der Waals surface area contributed by atoms with Crippen molar-refractivity contribution < 1.29 is 9.53 Å². The number of carbonyl (C=O) groups excluding carboxylic acids is 1. The molecule has 2 rings (SSSR count). The van der Waals surface area contributed by atoms with Crippen molar-refractivity contribution in [1.82, 2.24) is 0 Å². The summed E-state index contributed by atoms with van der Waals surface area (Å²) >= 11 is 0. The van der Waals surface area contributed by atoms with Crippen LogP contribution in [0.2, 0.25) is 0 Å². The van der Waals surface area contributed by atoms with Crippen molar-refractivity contribution in [3.8, 4) is 0 Å². The maximum absolute atomic E-state index is 11.6. The number of esters is 1. The van der Waals surface area contributed by atoms with Crippen molar-refractivity contribution in [2.45, 2.75) is 25.7 Å². The molecule has 0 aromatic carbocycles. The zero-order chi connectivity index (χ0) is 11.5. The van der Waals surface area contributed by atoms with E-state index in [1.165, 1.54) is 0 Å². The van der Waals surface area contributed by atoms with Gasteiger partial charge in [0.25, 0.3) is 0 Å². The van der Waals surface area contributed by atoms with Gasteiger partial charge in [0, 0.05) is 5.92 Å². The second-order valence-corrected chi connectivity index (χ2v) is 4.88. The van der Waals surface area contributed by atoms with Crippen molar-refractivity contribution in [3.63, 3.8) is 0 Å². The Kier molecular flexibility index (Phi) is 3.47. The van der Waals surface area contributed by atoms with Crippen molar-refractivity contribution in [2.75, 3.05) is 6.61 Å². The van der Waals surface area contributed by atoms with Gasteiger partial charge >= 0.3 is 5.97 Å². The summed E-state index contributed by atoms with van der Waals surface area (Å²) in [7, 11) is 0. The van der Waals surface area contributed by atoms with E-state index >= 15 is 0 Å². The molecule has 0 radical (unpaired) electrons. The molecule has 0 amide bonds. The van der Waals surface area contributed by atoms with Crippen LogP contribution in [0.3, 0.4) is 0 Å². The first-order chi connectivity index (χ1) is 7.79. The Labute approximate surface area is 97.4 Å². The van der Waals surface area contributed by atoms with E-state index in [9.17, 15) is 4.79 Å². The SMILES string of the molecule is C=CCC[C@@H]1[C@H]2COC(=O)[C@H]2[C@H]1CCC=C. The van der Waals surface area contributed by atoms with Gasteiger partial charge in [-0.15, -0.1) is 13.2 Å². The molecule has 0 spiro atoms. The number of hydrogen-bond acceptors (Lipinski definition) is 2. The van der Waals surface area contributed by atoms with Crippen molar-refractivity contribution >= 4 is 5.97 Å². The van der Waals surface area contributed by atoms with Crippen molar-refractivity contribution in [3.05, 3.63) is 25.3 Å². The molecule has 2 nitrogen and oxygen atoms in total. The summed E-state index contributed by atoms with van der Waals surface area (Å²) in [4.78, 5) is 11.6. The lowest BCUT2D eigenvalue weighted by molar-refractivity contribution is -0.146. The van der Waals surface area contributed by atoms with Gasteiger partial charge in [-0.25, -0.2) is 0 Å². The second kappa shape index (κ2) is 4.86. The Bertz CT molecular complexity index is 295. The van der Waals surface area contributed by atoms with Gasteiger partial charge < -0.3 is 4.74 Å². The highest BCUT2D eigenvalue weighted by Gasteiger charge is 2.57. The first-order valence-corrected chi connectivity index (χ1v) is 6.18. The van der Waals surface area contributed by atoms with Crippen LogP contribution < -0.4 is 0 Å². The van der Waals surface area contributed by atoms with Gasteiger partial charge in [0.15, 0.2) is 0 Å². The fourth-order valence-electron chi connectivity index (χ4n) is 3.32. The summed E-state index contributed by atoms with van der Waals surface area (Å²) in [6.45, 7) is 8.16. The number of rotatable bonds is 6. The van der Waals surface area contributed by atoms with E-state index in [0.29, 0.717) is 24.4 Å². The van der Waals surface area contributed by atoms with Gasteiger partial charge in [0.2, 0.25) is 0 Å². The van der Waals surface area contributed by atoms with Crippen LogP contribution in [0.5, 0.6) is 0 Å². The topological polar surface area (TPSA) is 26.3 Å². The molecular weight excluding hydrogens is 200 g/mol. The summed E-state index contributed by atoms with van der Waals surface area (Å²) in [6.07, 6.45) is 8.21. The molecule has 2 heteroatoms. The smallest absolute Gasteiger partial charge is 0.309 e. The molecule has 2 fully saturated rings. The van der Waals surface area contributed by atoms with Gasteiger partial charge in [0.1, 0.15) is 0 Å². The molecule has 16 heavy (non-hydrogen) atoms. The van der Waals surface area contributed by atoms with Crippen LogP contribution in [0, 0.1) is 23.7 Å². The van der Waals surface area contributed by atoms with Crippen LogP contribution >= 0.6 is 0 Å². The van der Waals surface area contributed by atoms with E-state index in [4.69, 9.17) is 4.74 Å². The molecule has 0 aromatic rings. The summed E-state index contributed by atoms with van der Waals surface area (Å²) in [5, 5.41) is 0. The van der Waals surface area contributed by atoms with Gasteiger partial charge in [-0.3, -0.25) is 4.79 Å². The van der Waals surface area contributed by atoms with E-state index < -0.39 is 0 Å². The van der Waals surface area contributed by atoms with Crippen LogP contribution in [0.25, 0.3) is 0 Å². The predicted octanol–water partition coefficient (Wildman–Crippen LogP) is 2.95. The third-order valence-electron chi connectivity index (χ3n) is 4.12. The van der Waals surface area contributed by atoms with E-state index in [0.717, 1.165) is 25.7 Å². The van der Waals surface area contributed by atoms with Crippen LogP contribution in [0.1, 0.15) is 25.7 Å². The van der Waals surface area contributed by atoms with Gasteiger partial charge in [-0.05, 0) is 37.5 Å². The molecule has 4 atom stereocenters. The number of cyclic esters (lactones) is 1. The molecule has 0 N–H and O–H groups in total. The number of allylic oxidation sites excluding steroid dienone is 2. The zero-order valence-corrected chi connectivity index (χ0v) is 9.73. The van der Waals surface area contributed by atoms with Crippen LogP contribution in [0.4, 0.5) is 0 Å². The summed E-state index contributed by atoms with van der Waals surface area (Å²) in [6, 6.07) is 0. The normalized spacial score (nSPS) is 36.1. The minimum atomic E-state index is 0.0360. The highest BCUT2D eigenvalue weighted by molar-refractivity contribution is 5.76. The van der Waals surface area contributed by atoms with Crippen LogP contribution in [-0.4, -0.2) is 12.6 Å². The minimum absolute atomic E-state index is 0.0360. The highest BCUT2D eigenvalue weighted by atomic mass is 16.5. The summed E-state index contributed by atoms with van der Waals surface area (Å²) < 4.78 is 5.17. The zero-order valence-electron chi connectivity index (χ0n) is 9.73. The van der Waals surface area contributed by atoms with Crippen molar-refractivity contribution in [2.24, 2.45) is 23.7 Å². The lowest BCUT2D eigenvalue weighted by Gasteiger charge is -2.46. The van der Waals surface area contributed by atoms with E-state index in [2.05, 4.69) is 13.2 Å². The van der Waals surface area contributed by atoms with Gasteiger partial charge in [-0.1, -0.05) is 12.2 Å². The summed E-state index contributed by atoms with van der Waals surface area (Å²) in [5.41, 5.74) is 0. The summed E-state index contributed by atoms with van der Waals surface area (Å²) in [5.74, 6) is 1.90. The number of hydrogen-bond donors (Lipinski definition) is 0. The fourth-order valence-corrected chi connectivity index (χ4v) is 3.32. The second-order valence-electron chi connectivity index (χ2n) is 4.88. The van der Waals surface area contributed by atoms with Gasteiger partial charge in [-0.2, -0.15) is 0 Å². The Morgan fingerprint density at radius 1 is 1.19 bits per heavy atom. The molecule has 2 aliphatic rings. The first kappa shape index (κ1) is 11.4. The molecule has 0 unspecified atom stereocenters. The molecule has 0 bridgehead atoms. The largest absolute Gasteiger partial charge is 0.465 e. The van der Waals surface area contributed by atoms with Crippen molar-refractivity contribution in [1.29, 1.82) is 0 Å². The molecule has 1 heterocycles. The first-order valence-electron chi connectivity index (χ1n) is 6.18. The molecule has 1 aliphatic carbocycles. The molecule has 88 valence electrons. The monoisotopic (exact) mass is 220 g/mol. The Hall–Kier alpha value is -1.05. The average Bonchev–Trinajstić information content (AvgIpc) is 2.58. The molecule has 0 aromatic heterocycles. The fraction of sp³-hybridized carbons (Fsp3) is 0.643. The molecular formula is C14H20O2. The maximum Gasteiger partial charge on any atom is 0.309 e. The van der Waals surface area contributed by atoms with E-state index in [1.54, 1.807) is 0 Å². The van der Waals surface area contributed by atoms with E-state index in [1.807, 2.05) is 12.2 Å². The van der Waals surface area contributed by atoms with Crippen LogP contribution in [0.15, 0.2) is 25.3 Å². The number of ether oxygens (including phenoxy) is 1. The standard InChI is InChI=1S/C14H20O2/c1-3-5-7-10-11(8-6-4-2)13-12(10)9-16-14(13)15/h3-4,10-13H,1-2,5-9H2/t10-,11-,12+,13-/m0/s1. The third kappa shape index (κ3) is 1.81. The average molecular weight is 220 g/mol. The number of fused-ring (bicyclic) bond motifs is 1. The number of carbonyl (C=O) groups is 1. The lowest BCUT2D eigenvalue weighted by Crippen LogP contribution is -2.47. The lowest BCUT2D eigenvalue weighted by atomic mass is 9.55. The Morgan fingerprint density at radius 2 is 1.81 bits per heavy atom. The molecule has 1 aliphatic heterocycles. The third-order valence-corrected chi connectivity index (χ3v) is 4.12. The highest BCUT2D eigenvalue weighted by Crippen LogP contribution is 2.54. The minimum Gasteiger partial charge on any atom is -0.465 e. The molecule has 1 saturated heterocycles. The predicted molar refractivity (Wildman–Crippen MR) is 63.8 cm³/mol.